The van der Waals surface area contributed by atoms with E-state index in [0.29, 0.717) is 33.9 Å². The predicted octanol–water partition coefficient (Wildman–Crippen LogP) is 4.66. The molecule has 4 rings (SSSR count). The minimum absolute atomic E-state index is 0.122. The zero-order chi connectivity index (χ0) is 19.9. The van der Waals surface area contributed by atoms with E-state index >= 15 is 0 Å². The highest BCUT2D eigenvalue weighted by molar-refractivity contribution is 5.79. The molecule has 0 aromatic carbocycles. The molecule has 0 aliphatic rings. The number of aromatic nitrogens is 4. The van der Waals surface area contributed by atoms with Crippen molar-refractivity contribution < 1.29 is 13.2 Å². The zero-order valence-corrected chi connectivity index (χ0v) is 14.6. The molecule has 0 spiro atoms. The normalized spacial score (nSPS) is 11.5. The van der Waals surface area contributed by atoms with Gasteiger partial charge in [-0.3, -0.25) is 9.38 Å². The van der Waals surface area contributed by atoms with Gasteiger partial charge in [-0.1, -0.05) is 6.07 Å². The van der Waals surface area contributed by atoms with E-state index in [-0.39, 0.29) is 5.69 Å². The fraction of sp³-hybridized carbons (Fsp3) is 0.100. The number of halogens is 3. The van der Waals surface area contributed by atoms with Crippen LogP contribution in [0.2, 0.25) is 0 Å². The fourth-order valence-electron chi connectivity index (χ4n) is 2.94. The van der Waals surface area contributed by atoms with Crippen molar-refractivity contribution in [3.8, 4) is 28.6 Å². The maximum Gasteiger partial charge on any atom is 0.433 e. The summed E-state index contributed by atoms with van der Waals surface area (Å²) in [6, 6.07) is 12.9. The van der Waals surface area contributed by atoms with E-state index < -0.39 is 11.9 Å². The van der Waals surface area contributed by atoms with Gasteiger partial charge < -0.3 is 0 Å². The Morgan fingerprint density at radius 1 is 1.04 bits per heavy atom. The minimum Gasteiger partial charge on any atom is -0.291 e. The second kappa shape index (κ2) is 6.46. The second-order valence-corrected chi connectivity index (χ2v) is 6.16. The smallest absolute Gasteiger partial charge is 0.291 e. The molecule has 0 atom stereocenters. The fourth-order valence-corrected chi connectivity index (χ4v) is 2.94. The van der Waals surface area contributed by atoms with Crippen molar-refractivity contribution in [2.24, 2.45) is 0 Å². The molecule has 4 heterocycles. The number of pyridine rings is 3. The van der Waals surface area contributed by atoms with Gasteiger partial charge in [0.2, 0.25) is 0 Å². The molecule has 4 aromatic heterocycles. The van der Waals surface area contributed by atoms with Gasteiger partial charge in [-0.05, 0) is 43.3 Å². The van der Waals surface area contributed by atoms with Crippen LogP contribution in [0.25, 0.3) is 28.2 Å². The lowest BCUT2D eigenvalue weighted by atomic mass is 10.0. The first-order valence-electron chi connectivity index (χ1n) is 8.26. The number of rotatable bonds is 2. The summed E-state index contributed by atoms with van der Waals surface area (Å²) in [6.45, 7) is 1.76. The third kappa shape index (κ3) is 3.07. The minimum atomic E-state index is -4.57. The van der Waals surface area contributed by atoms with Crippen LogP contribution in [0.3, 0.4) is 0 Å². The first-order valence-corrected chi connectivity index (χ1v) is 8.26. The van der Waals surface area contributed by atoms with Crippen LogP contribution in [0.4, 0.5) is 13.2 Å². The summed E-state index contributed by atoms with van der Waals surface area (Å²) in [5.41, 5.74) is 2.11. The highest BCUT2D eigenvalue weighted by Gasteiger charge is 2.33. The third-order valence-corrected chi connectivity index (χ3v) is 4.25. The third-order valence-electron chi connectivity index (χ3n) is 4.25. The maximum atomic E-state index is 13.2. The van der Waals surface area contributed by atoms with Crippen LogP contribution in [0.15, 0.2) is 54.9 Å². The molecule has 4 aromatic rings. The number of hydrogen-bond donors (Lipinski definition) is 0. The van der Waals surface area contributed by atoms with Crippen molar-refractivity contribution in [2.45, 2.75) is 13.1 Å². The van der Waals surface area contributed by atoms with E-state index in [1.807, 2.05) is 6.07 Å². The van der Waals surface area contributed by atoms with E-state index in [2.05, 4.69) is 15.0 Å². The van der Waals surface area contributed by atoms with Crippen molar-refractivity contribution in [2.75, 3.05) is 0 Å². The van der Waals surface area contributed by atoms with Gasteiger partial charge in [-0.2, -0.15) is 18.4 Å². The van der Waals surface area contributed by atoms with Crippen LogP contribution in [0.1, 0.15) is 17.1 Å². The Bertz CT molecular complexity index is 1230. The van der Waals surface area contributed by atoms with Crippen LogP contribution >= 0.6 is 0 Å². The Morgan fingerprint density at radius 2 is 1.86 bits per heavy atom. The molecule has 8 heteroatoms. The molecule has 0 saturated heterocycles. The summed E-state index contributed by atoms with van der Waals surface area (Å²) in [4.78, 5) is 12.3. The molecule has 0 amide bonds. The van der Waals surface area contributed by atoms with Crippen LogP contribution in [-0.2, 0) is 6.18 Å². The molecular weight excluding hydrogens is 367 g/mol. The molecule has 0 aliphatic carbocycles. The van der Waals surface area contributed by atoms with Gasteiger partial charge in [0.05, 0.1) is 17.6 Å². The number of imidazole rings is 1. The first kappa shape index (κ1) is 17.7. The summed E-state index contributed by atoms with van der Waals surface area (Å²) in [5.74, 6) is 0. The Kier molecular flexibility index (Phi) is 4.08. The van der Waals surface area contributed by atoms with Gasteiger partial charge in [0.1, 0.15) is 23.1 Å². The standard InChI is InChI=1S/C20H12F3N5/c1-12-3-2-4-16(26-12)19-15(6-7-17(27-19)20(21,22)23)13-5-8-18-25-10-14(9-24)28(18)11-13/h2-8,10-11H,1H3. The number of nitriles is 1. The average molecular weight is 379 g/mol. The largest absolute Gasteiger partial charge is 0.433 e. The SMILES string of the molecule is Cc1cccc(-c2nc(C(F)(F)F)ccc2-c2ccc3ncc(C#N)n3c2)n1. The van der Waals surface area contributed by atoms with E-state index in [4.69, 9.17) is 0 Å². The van der Waals surface area contributed by atoms with E-state index in [0.717, 1.165) is 6.07 Å². The van der Waals surface area contributed by atoms with Gasteiger partial charge in [-0.25, -0.2) is 9.97 Å². The molecule has 138 valence electrons. The van der Waals surface area contributed by atoms with Crippen LogP contribution in [0.5, 0.6) is 0 Å². The molecule has 28 heavy (non-hydrogen) atoms. The van der Waals surface area contributed by atoms with Crippen molar-refractivity contribution >= 4 is 5.65 Å². The van der Waals surface area contributed by atoms with Crippen molar-refractivity contribution in [3.05, 3.63) is 71.9 Å². The topological polar surface area (TPSA) is 66.9 Å². The number of aryl methyl sites for hydroxylation is 1. The molecule has 0 unspecified atom stereocenters. The summed E-state index contributed by atoms with van der Waals surface area (Å²) >= 11 is 0. The van der Waals surface area contributed by atoms with Crippen LogP contribution < -0.4 is 0 Å². The molecule has 0 saturated carbocycles. The number of hydrogen-bond acceptors (Lipinski definition) is 4. The highest BCUT2D eigenvalue weighted by Crippen LogP contribution is 2.35. The Hall–Kier alpha value is -3.73. The van der Waals surface area contributed by atoms with Crippen molar-refractivity contribution in [1.29, 1.82) is 5.26 Å². The lowest BCUT2D eigenvalue weighted by Crippen LogP contribution is -2.09. The molecule has 0 radical (unpaired) electrons. The predicted molar refractivity (Wildman–Crippen MR) is 96.1 cm³/mol. The summed E-state index contributed by atoms with van der Waals surface area (Å²) in [7, 11) is 0. The van der Waals surface area contributed by atoms with Gasteiger partial charge >= 0.3 is 6.18 Å². The first-order chi connectivity index (χ1) is 13.4. The van der Waals surface area contributed by atoms with E-state index in [1.165, 1.54) is 12.3 Å². The van der Waals surface area contributed by atoms with Crippen LogP contribution in [0, 0.1) is 18.3 Å². The Balaban J connectivity index is 1.97. The summed E-state index contributed by atoms with van der Waals surface area (Å²) in [6.07, 6.45) is -1.48. The highest BCUT2D eigenvalue weighted by atomic mass is 19.4. The zero-order valence-electron chi connectivity index (χ0n) is 14.6. The van der Waals surface area contributed by atoms with Crippen molar-refractivity contribution in [3.63, 3.8) is 0 Å². The Morgan fingerprint density at radius 3 is 2.57 bits per heavy atom. The average Bonchev–Trinajstić information content (AvgIpc) is 3.09. The molecule has 0 N–H and O–H groups in total. The monoisotopic (exact) mass is 379 g/mol. The number of alkyl halides is 3. The second-order valence-electron chi connectivity index (χ2n) is 6.16. The lowest BCUT2D eigenvalue weighted by molar-refractivity contribution is -0.141. The number of nitrogens with zero attached hydrogens (tertiary/aromatic N) is 5. The lowest BCUT2D eigenvalue weighted by Gasteiger charge is -2.13. The summed E-state index contributed by atoms with van der Waals surface area (Å²) in [5, 5.41) is 9.22. The van der Waals surface area contributed by atoms with E-state index in [9.17, 15) is 18.4 Å². The van der Waals surface area contributed by atoms with Gasteiger partial charge in [0, 0.05) is 23.0 Å². The molecule has 0 fully saturated rings. The van der Waals surface area contributed by atoms with Gasteiger partial charge in [0.15, 0.2) is 0 Å². The molecule has 0 aliphatic heterocycles. The van der Waals surface area contributed by atoms with Crippen LogP contribution in [-0.4, -0.2) is 19.4 Å². The molecule has 0 bridgehead atoms. The molecule has 5 nitrogen and oxygen atoms in total. The molecular formula is C20H12F3N5. The Labute approximate surface area is 157 Å². The summed E-state index contributed by atoms with van der Waals surface area (Å²) < 4.78 is 41.3. The maximum absolute atomic E-state index is 13.2. The van der Waals surface area contributed by atoms with Crippen molar-refractivity contribution in [1.82, 2.24) is 19.4 Å². The number of fused-ring (bicyclic) bond motifs is 1. The quantitative estimate of drug-likeness (QED) is 0.508. The van der Waals surface area contributed by atoms with Gasteiger partial charge in [0.25, 0.3) is 0 Å². The van der Waals surface area contributed by atoms with Gasteiger partial charge in [-0.15, -0.1) is 0 Å². The van der Waals surface area contributed by atoms with E-state index in [1.54, 1.807) is 47.9 Å².